The van der Waals surface area contributed by atoms with E-state index in [1.54, 1.807) is 0 Å². The van der Waals surface area contributed by atoms with E-state index in [9.17, 15) is 70.9 Å². The van der Waals surface area contributed by atoms with E-state index in [4.69, 9.17) is 126 Å². The molecular weight excluding hydrogens is 1470 g/mol. The van der Waals surface area contributed by atoms with Gasteiger partial charge in [-0.25, -0.2) is 4.79 Å². The van der Waals surface area contributed by atoms with Crippen LogP contribution >= 0.6 is 23.5 Å². The summed E-state index contributed by atoms with van der Waals surface area (Å²) in [6.07, 6.45) is -28.8. The first-order valence-corrected chi connectivity index (χ1v) is 40.2. The van der Waals surface area contributed by atoms with Crippen LogP contribution in [0.2, 0.25) is 0 Å². The van der Waals surface area contributed by atoms with Gasteiger partial charge in [0, 0.05) is 99.4 Å². The van der Waals surface area contributed by atoms with Gasteiger partial charge in [0.05, 0.1) is 48.6 Å². The fourth-order valence-electron chi connectivity index (χ4n) is 14.7. The van der Waals surface area contributed by atoms with Crippen LogP contribution in [-0.4, -0.2) is 375 Å². The molecule has 0 aromatic heterocycles. The van der Waals surface area contributed by atoms with Crippen molar-refractivity contribution in [2.75, 3.05) is 68.8 Å². The van der Waals surface area contributed by atoms with Crippen molar-refractivity contribution in [1.82, 2.24) is 16.0 Å². The van der Waals surface area contributed by atoms with Crippen molar-refractivity contribution < 1.29 is 128 Å². The number of aliphatic hydroxyl groups is 12. The maximum atomic E-state index is 12.8. The van der Waals surface area contributed by atoms with Gasteiger partial charge < -0.3 is 203 Å². The molecule has 0 aromatic carbocycles. The van der Waals surface area contributed by atoms with Crippen molar-refractivity contribution in [3.05, 3.63) is 0 Å². The number of thioether (sulfide) groups is 2. The molecule has 6 saturated heterocycles. The zero-order valence-electron chi connectivity index (χ0n) is 60.9. The van der Waals surface area contributed by atoms with Crippen LogP contribution in [0.15, 0.2) is 0 Å². The summed E-state index contributed by atoms with van der Waals surface area (Å²) in [4.78, 5) is 25.6. The summed E-state index contributed by atoms with van der Waals surface area (Å²) in [6.45, 7) is 0.307. The summed E-state index contributed by atoms with van der Waals surface area (Å²) < 4.78 is 73.1. The minimum absolute atomic E-state index is 0.0576. The highest BCUT2D eigenvalue weighted by atomic mass is 32.2. The van der Waals surface area contributed by atoms with Gasteiger partial charge in [0.15, 0.2) is 37.7 Å². The maximum absolute atomic E-state index is 12.8. The SMILES string of the molecule is NCC1O[C@H](OC2C(N)C[C@@H](N)C(O)[C@H]2O[C@@H]2O[C@H](CSCCNC(=O)CCCCCCCCCCCCCNC(=O)NCCSC[C@H]3O[C@@H](OC4C(O[C@@H]5OC(CN)C(O)[C@H](O)C5N)C(N)C[C@H](N)[C@@H]4O)C(O)C3O[C@@H]3O[C@H](CN)C(O)C(O)C3N)C(O[C@H]3O[C@@H](CN)C(O)C(O)C3N)[C@@H]2O)C(N)[C@@H](O)C1O. The topological polar surface area (TPSA) is 736 Å². The Morgan fingerprint density at radius 3 is 0.944 bits per heavy atom. The average Bonchev–Trinajstić information content (AvgIpc) is 1.46. The van der Waals surface area contributed by atoms with Crippen LogP contribution < -0.4 is 84.8 Å². The zero-order valence-corrected chi connectivity index (χ0v) is 62.6. The molecule has 21 unspecified atom stereocenters. The maximum Gasteiger partial charge on any atom is 0.314 e. The molecule has 630 valence electrons. The lowest BCUT2D eigenvalue weighted by atomic mass is 9.84. The molecule has 108 heavy (non-hydrogen) atoms. The van der Waals surface area contributed by atoms with E-state index in [-0.39, 0.29) is 69.0 Å². The standard InChI is InChI=1S/C65H127N15O26S2/c66-20-30-43(84)47(88)37(74)59(95-30)101-53-28(72)18-26(70)41(82)57(53)105-63-51(92)55(103-61-39(76)49(90)45(86)32(22-68)97-61)34(99-63)24-107-16-14-78-36(81)12-10-8-6-4-2-1-3-5-7-9-11-13-79-65(94)80-15-17-108-25-35-56(104-62-40(77)50(91)46(87)33(23-69)98-62)52(93)64(100-35)106-58-42(83)27(71)19-29(73)54(58)102-60-38(75)48(89)44(85)31(21-67)96-60/h26-35,37-64,82-93H,1-25,66-77H2,(H,78,81)(H2,79,80,94)/t26-,27+,28?,29?,30?,31?,32+,33-,34-,35-,37?,38?,39?,40?,41?,42+,43?,44?,45?,46?,47-,48-,49?,50?,51+,52?,53?,54?,55?,56?,57-,58?,59-,60+,61-,62+,63+,64+/m1/s1. The number of nitrogens with two attached hydrogens (primary N) is 12. The van der Waals surface area contributed by atoms with Crippen LogP contribution in [0, 0.1) is 0 Å². The Labute approximate surface area is 636 Å². The molecule has 38 atom stereocenters. The molecule has 8 aliphatic rings. The van der Waals surface area contributed by atoms with Crippen LogP contribution in [0.25, 0.3) is 0 Å². The van der Waals surface area contributed by atoms with Crippen molar-refractivity contribution in [1.29, 1.82) is 0 Å². The van der Waals surface area contributed by atoms with E-state index in [0.717, 1.165) is 70.6 Å². The van der Waals surface area contributed by atoms with Gasteiger partial charge in [-0.3, -0.25) is 4.79 Å². The van der Waals surface area contributed by atoms with Crippen molar-refractivity contribution >= 4 is 35.5 Å². The normalized spacial score (nSPS) is 44.5. The molecule has 2 aliphatic carbocycles. The fourth-order valence-corrected chi connectivity index (χ4v) is 16.5. The van der Waals surface area contributed by atoms with E-state index in [1.165, 1.54) is 23.5 Å². The minimum Gasteiger partial charge on any atom is -0.389 e. The van der Waals surface area contributed by atoms with E-state index >= 15 is 0 Å². The summed E-state index contributed by atoms with van der Waals surface area (Å²) in [5, 5.41) is 140. The van der Waals surface area contributed by atoms with Gasteiger partial charge in [0.2, 0.25) is 5.91 Å². The number of carbonyl (C=O) groups excluding carboxylic acids is 2. The fraction of sp³-hybridized carbons (Fsp3) is 0.969. The lowest BCUT2D eigenvalue weighted by molar-refractivity contribution is -0.306. The van der Waals surface area contributed by atoms with Crippen molar-refractivity contribution in [2.45, 2.75) is 322 Å². The molecular formula is C65H127N15O26S2. The number of aliphatic hydroxyl groups excluding tert-OH is 12. The third-order valence-corrected chi connectivity index (χ3v) is 23.5. The molecule has 8 fully saturated rings. The first-order chi connectivity index (χ1) is 51.5. The molecule has 0 radical (unpaired) electrons. The van der Waals surface area contributed by atoms with Gasteiger partial charge in [0.1, 0.15) is 122 Å². The Balaban J connectivity index is 0.682. The predicted octanol–water partition coefficient (Wildman–Crippen LogP) is -12.2. The first-order valence-electron chi connectivity index (χ1n) is 37.9. The minimum atomic E-state index is -1.60. The third kappa shape index (κ3) is 23.9. The van der Waals surface area contributed by atoms with E-state index in [2.05, 4.69) is 16.0 Å². The number of hydrogen-bond acceptors (Lipinski definition) is 40. The van der Waals surface area contributed by atoms with Gasteiger partial charge in [-0.2, -0.15) is 23.5 Å². The second-order valence-electron chi connectivity index (χ2n) is 29.4. The molecule has 6 aliphatic heterocycles. The molecule has 43 heteroatoms. The number of amides is 3. The number of rotatable bonds is 40. The number of urea groups is 1. The molecule has 0 spiro atoms. The lowest BCUT2D eigenvalue weighted by Crippen LogP contribution is -2.68. The highest BCUT2D eigenvalue weighted by molar-refractivity contribution is 7.99. The quantitative estimate of drug-likeness (QED) is 0.0253. The van der Waals surface area contributed by atoms with Crippen LogP contribution in [0.5, 0.6) is 0 Å². The molecule has 39 N–H and O–H groups in total. The third-order valence-electron chi connectivity index (χ3n) is 21.4. The van der Waals surface area contributed by atoms with Gasteiger partial charge in [0.25, 0.3) is 0 Å². The van der Waals surface area contributed by atoms with Gasteiger partial charge >= 0.3 is 6.03 Å². The smallest absolute Gasteiger partial charge is 0.314 e. The van der Waals surface area contributed by atoms with Crippen molar-refractivity contribution in [3.63, 3.8) is 0 Å². The zero-order chi connectivity index (χ0) is 78.8. The molecule has 8 rings (SSSR count). The van der Waals surface area contributed by atoms with Crippen LogP contribution in [0.3, 0.4) is 0 Å². The van der Waals surface area contributed by atoms with Crippen LogP contribution in [0.4, 0.5) is 4.79 Å². The monoisotopic (exact) mass is 1600 g/mol. The molecule has 41 nitrogen and oxygen atoms in total. The first kappa shape index (κ1) is 91.5. The highest BCUT2D eigenvalue weighted by Gasteiger charge is 2.58. The number of ether oxygens (including phenoxy) is 12. The summed E-state index contributed by atoms with van der Waals surface area (Å²) in [5.74, 6) is 1.07. The molecule has 0 bridgehead atoms. The Bertz CT molecular complexity index is 2460. The Hall–Kier alpha value is -2.00. The Morgan fingerprint density at radius 2 is 0.602 bits per heavy atom. The summed E-state index contributed by atoms with van der Waals surface area (Å²) in [5.41, 5.74) is 73.7. The van der Waals surface area contributed by atoms with Crippen LogP contribution in [0.1, 0.15) is 89.9 Å². The second kappa shape index (κ2) is 44.4. The summed E-state index contributed by atoms with van der Waals surface area (Å²) in [6, 6.07) is -9.05. The molecule has 0 aromatic rings. The number of hydrogen-bond donors (Lipinski definition) is 27. The van der Waals surface area contributed by atoms with Gasteiger partial charge in [-0.1, -0.05) is 57.8 Å². The van der Waals surface area contributed by atoms with Crippen molar-refractivity contribution in [3.8, 4) is 0 Å². The largest absolute Gasteiger partial charge is 0.389 e. The lowest BCUT2D eigenvalue weighted by Gasteiger charge is -2.47. The van der Waals surface area contributed by atoms with E-state index in [1.807, 2.05) is 0 Å². The number of unbranched alkanes of at least 4 members (excludes halogenated alkanes) is 10. The summed E-state index contributed by atoms with van der Waals surface area (Å²) in [7, 11) is 0. The van der Waals surface area contributed by atoms with E-state index in [0.29, 0.717) is 31.0 Å². The number of carbonyl (C=O) groups is 2. The van der Waals surface area contributed by atoms with Crippen LogP contribution in [-0.2, 0) is 61.6 Å². The van der Waals surface area contributed by atoms with Gasteiger partial charge in [-0.05, 0) is 25.7 Å². The average molecular weight is 1600 g/mol. The Kier molecular flexibility index (Phi) is 37.6. The van der Waals surface area contributed by atoms with Crippen molar-refractivity contribution in [2.24, 2.45) is 68.8 Å². The number of nitrogens with one attached hydrogen (secondary N) is 3. The predicted molar refractivity (Wildman–Crippen MR) is 387 cm³/mol. The summed E-state index contributed by atoms with van der Waals surface area (Å²) >= 11 is 2.73. The Morgan fingerprint density at radius 1 is 0.315 bits per heavy atom. The molecule has 6 heterocycles. The second-order valence-corrected chi connectivity index (χ2v) is 31.7. The highest BCUT2D eigenvalue weighted by Crippen LogP contribution is 2.39. The molecule has 2 saturated carbocycles. The van der Waals surface area contributed by atoms with Gasteiger partial charge in [-0.15, -0.1) is 0 Å². The molecule has 3 amide bonds. The van der Waals surface area contributed by atoms with E-state index < -0.39 is 233 Å².